The van der Waals surface area contributed by atoms with Crippen LogP contribution in [0.4, 0.5) is 5.82 Å². The van der Waals surface area contributed by atoms with Crippen LogP contribution in [0, 0.1) is 18.3 Å². The van der Waals surface area contributed by atoms with Crippen molar-refractivity contribution in [3.63, 3.8) is 0 Å². The van der Waals surface area contributed by atoms with Gasteiger partial charge in [-0.25, -0.2) is 4.98 Å². The van der Waals surface area contributed by atoms with Gasteiger partial charge in [0.15, 0.2) is 0 Å². The fraction of sp³-hybridized carbons (Fsp3) is 0.438. The summed E-state index contributed by atoms with van der Waals surface area (Å²) in [5.41, 5.74) is 8.07. The van der Waals surface area contributed by atoms with E-state index in [2.05, 4.69) is 33.0 Å². The topological polar surface area (TPSA) is 69.2 Å². The minimum atomic E-state index is 0.168. The van der Waals surface area contributed by atoms with E-state index in [4.69, 9.17) is 18.0 Å². The zero-order chi connectivity index (χ0) is 16.1. The quantitative estimate of drug-likeness (QED) is 0.522. The van der Waals surface area contributed by atoms with E-state index in [1.807, 2.05) is 20.0 Å². The second-order valence-corrected chi connectivity index (χ2v) is 5.90. The average Bonchev–Trinajstić information content (AvgIpc) is 2.74. The van der Waals surface area contributed by atoms with Gasteiger partial charge in [0.05, 0.1) is 0 Å². The van der Waals surface area contributed by atoms with Crippen LogP contribution in [-0.2, 0) is 0 Å². The van der Waals surface area contributed by atoms with E-state index in [0.29, 0.717) is 5.57 Å². The fourth-order valence-electron chi connectivity index (χ4n) is 2.60. The van der Waals surface area contributed by atoms with Crippen LogP contribution in [0.5, 0.6) is 0 Å². The van der Waals surface area contributed by atoms with Crippen LogP contribution in [0.3, 0.4) is 0 Å². The maximum atomic E-state index is 9.20. The number of hydrogen-bond acceptors (Lipinski definition) is 5. The predicted molar refractivity (Wildman–Crippen MR) is 92.5 cm³/mol. The number of hydrogen-bond donors (Lipinski definition) is 1. The molecule has 0 spiro atoms. The van der Waals surface area contributed by atoms with Crippen molar-refractivity contribution >= 4 is 23.0 Å². The molecule has 1 saturated heterocycles. The summed E-state index contributed by atoms with van der Waals surface area (Å²) >= 11 is 4.96. The van der Waals surface area contributed by atoms with Crippen LogP contribution in [0.2, 0.25) is 0 Å². The van der Waals surface area contributed by atoms with Crippen molar-refractivity contribution in [2.24, 2.45) is 5.73 Å². The summed E-state index contributed by atoms with van der Waals surface area (Å²) in [5, 5.41) is 9.20. The van der Waals surface area contributed by atoms with Crippen molar-refractivity contribution in [1.29, 1.82) is 5.26 Å². The molecule has 0 aromatic carbocycles. The molecule has 1 fully saturated rings. The highest BCUT2D eigenvalue weighted by Crippen LogP contribution is 2.17. The summed E-state index contributed by atoms with van der Waals surface area (Å²) in [4.78, 5) is 9.13. The molecule has 5 nitrogen and oxygen atoms in total. The van der Waals surface area contributed by atoms with E-state index in [0.717, 1.165) is 49.7 Å². The number of aryl methyl sites for hydroxylation is 1. The van der Waals surface area contributed by atoms with Gasteiger partial charge in [-0.05, 0) is 31.9 Å². The minimum Gasteiger partial charge on any atom is -0.389 e. The molecule has 0 saturated carbocycles. The van der Waals surface area contributed by atoms with E-state index >= 15 is 0 Å². The first-order valence-electron chi connectivity index (χ1n) is 7.36. The van der Waals surface area contributed by atoms with E-state index in [1.165, 1.54) is 0 Å². The lowest BCUT2D eigenvalue weighted by molar-refractivity contribution is 0.369. The van der Waals surface area contributed by atoms with Gasteiger partial charge in [-0.3, -0.25) is 0 Å². The number of pyridine rings is 1. The van der Waals surface area contributed by atoms with Crippen molar-refractivity contribution in [2.45, 2.75) is 20.3 Å². The number of aromatic nitrogens is 1. The lowest BCUT2D eigenvalue weighted by Gasteiger charge is -2.25. The molecule has 1 aliphatic heterocycles. The van der Waals surface area contributed by atoms with Crippen molar-refractivity contribution in [2.75, 3.05) is 31.1 Å². The molecule has 0 amide bonds. The number of allylic oxidation sites excluding steroid dienone is 1. The molecule has 0 bridgehead atoms. The highest BCUT2D eigenvalue weighted by atomic mass is 32.1. The number of rotatable bonds is 3. The number of nitrogens with two attached hydrogens (primary N) is 1. The summed E-state index contributed by atoms with van der Waals surface area (Å²) in [5.74, 6) is 1.00. The maximum absolute atomic E-state index is 9.20. The largest absolute Gasteiger partial charge is 0.389 e. The maximum Gasteiger partial charge on any atom is 0.128 e. The monoisotopic (exact) mass is 315 g/mol. The Morgan fingerprint density at radius 1 is 1.32 bits per heavy atom. The normalized spacial score (nSPS) is 16.6. The van der Waals surface area contributed by atoms with Gasteiger partial charge >= 0.3 is 0 Å². The Labute approximate surface area is 137 Å². The molecular formula is C16H21N5S. The van der Waals surface area contributed by atoms with Crippen molar-refractivity contribution in [3.8, 4) is 6.07 Å². The van der Waals surface area contributed by atoms with Crippen LogP contribution < -0.4 is 10.6 Å². The number of anilines is 1. The molecule has 0 unspecified atom stereocenters. The van der Waals surface area contributed by atoms with E-state index < -0.39 is 0 Å². The Hall–Kier alpha value is -2.13. The van der Waals surface area contributed by atoms with Gasteiger partial charge in [-0.1, -0.05) is 18.3 Å². The summed E-state index contributed by atoms with van der Waals surface area (Å²) in [6.45, 7) is 7.49. The molecule has 2 rings (SSSR count). The average molecular weight is 315 g/mol. The Kier molecular flexibility index (Phi) is 5.34. The zero-order valence-electron chi connectivity index (χ0n) is 13.0. The molecule has 2 heterocycles. The molecule has 0 aliphatic carbocycles. The number of nitriles is 1. The second-order valence-electron chi connectivity index (χ2n) is 5.46. The molecular weight excluding hydrogens is 294 g/mol. The van der Waals surface area contributed by atoms with E-state index in [-0.39, 0.29) is 4.99 Å². The van der Waals surface area contributed by atoms with Gasteiger partial charge in [0.25, 0.3) is 0 Å². The van der Waals surface area contributed by atoms with Crippen LogP contribution in [-0.4, -0.2) is 41.1 Å². The van der Waals surface area contributed by atoms with Crippen molar-refractivity contribution in [1.82, 2.24) is 9.88 Å². The van der Waals surface area contributed by atoms with Gasteiger partial charge in [-0.2, -0.15) is 5.26 Å². The van der Waals surface area contributed by atoms with E-state index in [9.17, 15) is 5.26 Å². The second kappa shape index (κ2) is 7.23. The van der Waals surface area contributed by atoms with E-state index in [1.54, 1.807) is 0 Å². The molecule has 116 valence electrons. The van der Waals surface area contributed by atoms with Crippen molar-refractivity contribution < 1.29 is 0 Å². The SMILES string of the molecule is C/C(=C(\C#N)C(N)=S)N1CCCN(c2ccc(C)cn2)CC1. The third-order valence-corrected chi connectivity index (χ3v) is 4.11. The Bertz CT molecular complexity index is 614. The Balaban J connectivity index is 2.11. The summed E-state index contributed by atoms with van der Waals surface area (Å²) in [7, 11) is 0. The Morgan fingerprint density at radius 2 is 2.09 bits per heavy atom. The van der Waals surface area contributed by atoms with Crippen LogP contribution in [0.25, 0.3) is 0 Å². The zero-order valence-corrected chi connectivity index (χ0v) is 13.9. The van der Waals surface area contributed by atoms with Gasteiger partial charge < -0.3 is 15.5 Å². The number of thiocarbonyl (C=S) groups is 1. The first-order chi connectivity index (χ1) is 10.5. The van der Waals surface area contributed by atoms with Gasteiger partial charge in [0, 0.05) is 38.1 Å². The summed E-state index contributed by atoms with van der Waals surface area (Å²) in [6, 6.07) is 6.25. The first kappa shape index (κ1) is 16.2. The van der Waals surface area contributed by atoms with Gasteiger partial charge in [0.2, 0.25) is 0 Å². The molecule has 0 radical (unpaired) electrons. The smallest absolute Gasteiger partial charge is 0.128 e. The molecule has 1 aromatic heterocycles. The van der Waals surface area contributed by atoms with Crippen LogP contribution in [0.1, 0.15) is 18.9 Å². The van der Waals surface area contributed by atoms with Gasteiger partial charge in [0.1, 0.15) is 22.4 Å². The van der Waals surface area contributed by atoms with Crippen LogP contribution >= 0.6 is 12.2 Å². The minimum absolute atomic E-state index is 0.168. The highest BCUT2D eigenvalue weighted by Gasteiger charge is 2.18. The third-order valence-electron chi connectivity index (χ3n) is 3.91. The van der Waals surface area contributed by atoms with Gasteiger partial charge in [-0.15, -0.1) is 0 Å². The molecule has 2 N–H and O–H groups in total. The number of nitrogens with zero attached hydrogens (tertiary/aromatic N) is 4. The van der Waals surface area contributed by atoms with Crippen LogP contribution in [0.15, 0.2) is 29.6 Å². The standard InChI is InChI=1S/C16H21N5S/c1-12-4-5-15(19-11-12)21-7-3-6-20(8-9-21)13(2)14(10-17)16(18)22/h4-5,11H,3,6-9H2,1-2H3,(H2,18,22)/b14-13-. The fourth-order valence-corrected chi connectivity index (χ4v) is 2.79. The Morgan fingerprint density at radius 3 is 2.68 bits per heavy atom. The molecule has 6 heteroatoms. The summed E-state index contributed by atoms with van der Waals surface area (Å²) in [6.07, 6.45) is 2.90. The molecule has 0 atom stereocenters. The van der Waals surface area contributed by atoms with Crippen molar-refractivity contribution in [3.05, 3.63) is 35.2 Å². The third kappa shape index (κ3) is 3.74. The summed E-state index contributed by atoms with van der Waals surface area (Å²) < 4.78 is 0. The molecule has 1 aliphatic rings. The predicted octanol–water partition coefficient (Wildman–Crippen LogP) is 1.99. The first-order valence-corrected chi connectivity index (χ1v) is 7.77. The lowest BCUT2D eigenvalue weighted by atomic mass is 10.2. The molecule has 22 heavy (non-hydrogen) atoms. The highest BCUT2D eigenvalue weighted by molar-refractivity contribution is 7.80. The lowest BCUT2D eigenvalue weighted by Crippen LogP contribution is -2.31. The molecule has 1 aromatic rings.